The van der Waals surface area contributed by atoms with Crippen LogP contribution in [0.25, 0.3) is 0 Å². The molecule has 60 valence electrons. The van der Waals surface area contributed by atoms with Crippen LogP contribution >= 0.6 is 24.0 Å². The third kappa shape index (κ3) is 2.86. The Bertz CT molecular complexity index is 112. The summed E-state index contributed by atoms with van der Waals surface area (Å²) in [6, 6.07) is -0.0691. The van der Waals surface area contributed by atoms with Gasteiger partial charge in [-0.3, -0.25) is 4.79 Å². The Morgan fingerprint density at radius 3 is 2.50 bits per heavy atom. The van der Waals surface area contributed by atoms with Crippen LogP contribution in [0, 0.1) is 0 Å². The molecule has 1 aliphatic rings. The second-order valence-electron chi connectivity index (χ2n) is 2.31. The lowest BCUT2D eigenvalue weighted by molar-refractivity contribution is -0.113. The minimum atomic E-state index is -0.241. The van der Waals surface area contributed by atoms with Crippen LogP contribution < -0.4 is 5.32 Å². The molecule has 0 saturated carbocycles. The molecule has 0 aromatic rings. The van der Waals surface area contributed by atoms with Crippen molar-refractivity contribution in [1.82, 2.24) is 5.32 Å². The van der Waals surface area contributed by atoms with E-state index in [9.17, 15) is 4.79 Å². The molecule has 1 fully saturated rings. The van der Waals surface area contributed by atoms with Gasteiger partial charge in [-0.2, -0.15) is 0 Å². The molecule has 0 amide bonds. The van der Waals surface area contributed by atoms with Crippen LogP contribution in [0.15, 0.2) is 0 Å². The fourth-order valence-electron chi connectivity index (χ4n) is 1.05. The van der Waals surface area contributed by atoms with Crippen molar-refractivity contribution in [2.24, 2.45) is 0 Å². The molecule has 0 spiro atoms. The Labute approximate surface area is 71.7 Å². The summed E-state index contributed by atoms with van der Waals surface area (Å²) in [5, 5.41) is 2.80. The molecule has 0 aromatic carbocycles. The van der Waals surface area contributed by atoms with Crippen LogP contribution in [0.1, 0.15) is 19.3 Å². The Kier molecular flexibility index (Phi) is 5.04. The molecule has 4 heteroatoms. The van der Waals surface area contributed by atoms with Gasteiger partial charge in [0.15, 0.2) is 0 Å². The summed E-state index contributed by atoms with van der Waals surface area (Å²) in [5.41, 5.74) is 0. The van der Waals surface area contributed by atoms with Crippen LogP contribution in [-0.4, -0.2) is 17.8 Å². The summed E-state index contributed by atoms with van der Waals surface area (Å²) in [6.45, 7) is 0.934. The highest BCUT2D eigenvalue weighted by molar-refractivity contribution is 6.64. The fraction of sp³-hybridized carbons (Fsp3) is 0.833. The first-order valence-electron chi connectivity index (χ1n) is 3.23. The molecule has 0 radical (unpaired) electrons. The predicted octanol–water partition coefficient (Wildman–Crippen LogP) is 1.32. The Morgan fingerprint density at radius 2 is 2.20 bits per heavy atom. The zero-order valence-electron chi connectivity index (χ0n) is 5.60. The van der Waals surface area contributed by atoms with E-state index in [-0.39, 0.29) is 23.7 Å². The van der Waals surface area contributed by atoms with E-state index < -0.39 is 0 Å². The number of nitrogens with one attached hydrogen (secondary N) is 1. The zero-order chi connectivity index (χ0) is 6.69. The number of halogens is 2. The smallest absolute Gasteiger partial charge is 0.238 e. The molecule has 0 unspecified atom stereocenters. The van der Waals surface area contributed by atoms with Crippen molar-refractivity contribution in [2.45, 2.75) is 25.3 Å². The van der Waals surface area contributed by atoms with Crippen LogP contribution in [0.5, 0.6) is 0 Å². The van der Waals surface area contributed by atoms with E-state index in [1.54, 1.807) is 0 Å². The third-order valence-corrected chi connectivity index (χ3v) is 1.85. The van der Waals surface area contributed by atoms with Gasteiger partial charge in [-0.1, -0.05) is 6.42 Å². The minimum absolute atomic E-state index is 0. The molecule has 0 bridgehead atoms. The van der Waals surface area contributed by atoms with E-state index in [2.05, 4.69) is 5.32 Å². The van der Waals surface area contributed by atoms with Gasteiger partial charge in [-0.25, -0.2) is 0 Å². The van der Waals surface area contributed by atoms with E-state index in [0.29, 0.717) is 0 Å². The number of carbonyl (C=O) groups excluding carboxylic acids is 1. The number of carbonyl (C=O) groups is 1. The quantitative estimate of drug-likeness (QED) is 0.622. The number of hydrogen-bond acceptors (Lipinski definition) is 2. The van der Waals surface area contributed by atoms with E-state index in [1.807, 2.05) is 0 Å². The molecule has 2 nitrogen and oxygen atoms in total. The summed E-state index contributed by atoms with van der Waals surface area (Å²) in [4.78, 5) is 10.5. The van der Waals surface area contributed by atoms with Gasteiger partial charge in [-0.15, -0.1) is 12.4 Å². The molecule has 10 heavy (non-hydrogen) atoms. The maximum atomic E-state index is 10.5. The topological polar surface area (TPSA) is 29.1 Å². The maximum absolute atomic E-state index is 10.5. The van der Waals surface area contributed by atoms with Gasteiger partial charge in [0.2, 0.25) is 5.24 Å². The lowest BCUT2D eigenvalue weighted by Gasteiger charge is -2.18. The highest BCUT2D eigenvalue weighted by Gasteiger charge is 2.17. The van der Waals surface area contributed by atoms with Gasteiger partial charge in [0, 0.05) is 0 Å². The highest BCUT2D eigenvalue weighted by atomic mass is 35.5. The lowest BCUT2D eigenvalue weighted by Crippen LogP contribution is -2.38. The average Bonchev–Trinajstić information content (AvgIpc) is 1.90. The Morgan fingerprint density at radius 1 is 1.50 bits per heavy atom. The van der Waals surface area contributed by atoms with E-state index in [4.69, 9.17) is 11.6 Å². The summed E-state index contributed by atoms with van der Waals surface area (Å²) in [5.74, 6) is 0. The lowest BCUT2D eigenvalue weighted by atomic mass is 10.1. The highest BCUT2D eigenvalue weighted by Crippen LogP contribution is 2.08. The van der Waals surface area contributed by atoms with Crippen LogP contribution in [-0.2, 0) is 4.79 Å². The molecular weight excluding hydrogens is 173 g/mol. The van der Waals surface area contributed by atoms with Crippen LogP contribution in [0.4, 0.5) is 0 Å². The summed E-state index contributed by atoms with van der Waals surface area (Å²) in [7, 11) is 0. The number of hydrogen-bond donors (Lipinski definition) is 1. The number of piperidine rings is 1. The molecule has 0 aliphatic carbocycles. The van der Waals surface area contributed by atoms with Gasteiger partial charge >= 0.3 is 0 Å². The maximum Gasteiger partial charge on any atom is 0.238 e. The van der Waals surface area contributed by atoms with E-state index in [0.717, 1.165) is 19.4 Å². The van der Waals surface area contributed by atoms with Crippen molar-refractivity contribution >= 4 is 29.3 Å². The standard InChI is InChI=1S/C6H10ClNO.ClH/c7-6(9)5-3-1-2-4-8-5;/h5,8H,1-4H2;1H/t5-;/m0./s1. The van der Waals surface area contributed by atoms with Crippen molar-refractivity contribution in [3.8, 4) is 0 Å². The van der Waals surface area contributed by atoms with Gasteiger partial charge in [0.1, 0.15) is 0 Å². The average molecular weight is 184 g/mol. The first-order chi connectivity index (χ1) is 4.30. The summed E-state index contributed by atoms with van der Waals surface area (Å²) < 4.78 is 0. The normalized spacial score (nSPS) is 25.1. The molecular formula is C6H11Cl2NO. The van der Waals surface area contributed by atoms with Crippen molar-refractivity contribution in [3.05, 3.63) is 0 Å². The van der Waals surface area contributed by atoms with Gasteiger partial charge in [-0.05, 0) is 31.0 Å². The molecule has 0 aromatic heterocycles. The van der Waals surface area contributed by atoms with Gasteiger partial charge < -0.3 is 5.32 Å². The van der Waals surface area contributed by atoms with E-state index >= 15 is 0 Å². The molecule has 1 atom stereocenters. The summed E-state index contributed by atoms with van der Waals surface area (Å²) in [6.07, 6.45) is 3.19. The van der Waals surface area contributed by atoms with Crippen molar-refractivity contribution < 1.29 is 4.79 Å². The van der Waals surface area contributed by atoms with Gasteiger partial charge in [0.25, 0.3) is 0 Å². The molecule has 1 rings (SSSR count). The molecule has 1 N–H and O–H groups in total. The fourth-order valence-corrected chi connectivity index (χ4v) is 1.23. The van der Waals surface area contributed by atoms with E-state index in [1.165, 1.54) is 6.42 Å². The van der Waals surface area contributed by atoms with Crippen molar-refractivity contribution in [1.29, 1.82) is 0 Å². The molecule has 1 heterocycles. The zero-order valence-corrected chi connectivity index (χ0v) is 7.17. The second kappa shape index (κ2) is 4.94. The van der Waals surface area contributed by atoms with Gasteiger partial charge in [0.05, 0.1) is 6.04 Å². The second-order valence-corrected chi connectivity index (χ2v) is 2.68. The first-order valence-corrected chi connectivity index (χ1v) is 3.61. The molecule has 1 saturated heterocycles. The molecule has 1 aliphatic heterocycles. The minimum Gasteiger partial charge on any atom is -0.306 e. The SMILES string of the molecule is Cl.O=C(Cl)[C@@H]1CCCCN1. The Balaban J connectivity index is 0.000000810. The monoisotopic (exact) mass is 183 g/mol. The largest absolute Gasteiger partial charge is 0.306 e. The first kappa shape index (κ1) is 10.2. The number of rotatable bonds is 1. The summed E-state index contributed by atoms with van der Waals surface area (Å²) >= 11 is 5.26. The Hall–Kier alpha value is 0.210. The van der Waals surface area contributed by atoms with Crippen molar-refractivity contribution in [2.75, 3.05) is 6.54 Å². The van der Waals surface area contributed by atoms with Crippen LogP contribution in [0.2, 0.25) is 0 Å². The van der Waals surface area contributed by atoms with Crippen molar-refractivity contribution in [3.63, 3.8) is 0 Å². The third-order valence-electron chi connectivity index (χ3n) is 1.58. The predicted molar refractivity (Wildman–Crippen MR) is 43.7 cm³/mol. The van der Waals surface area contributed by atoms with Crippen LogP contribution in [0.3, 0.4) is 0 Å².